The van der Waals surface area contributed by atoms with Crippen LogP contribution in [0.15, 0.2) is 6.20 Å². The van der Waals surface area contributed by atoms with E-state index in [2.05, 4.69) is 28.3 Å². The summed E-state index contributed by atoms with van der Waals surface area (Å²) in [4.78, 5) is 0. The Labute approximate surface area is 97.2 Å². The molecule has 0 bridgehead atoms. The Hall–Kier alpha value is -0.830. The van der Waals surface area contributed by atoms with Crippen molar-refractivity contribution in [2.75, 3.05) is 13.1 Å². The standard InChI is InChI=1S/C13H21N3/c1-16-13(7-10-3-2-6-14-8-10)12(9-15-16)11-4-5-11/h9-11,14H,2-8H2,1H3. The molecule has 2 fully saturated rings. The third kappa shape index (κ3) is 2.01. The van der Waals surface area contributed by atoms with Crippen LogP contribution in [0.3, 0.4) is 0 Å². The van der Waals surface area contributed by atoms with E-state index in [-0.39, 0.29) is 0 Å². The molecule has 88 valence electrons. The molecule has 0 aromatic carbocycles. The lowest BCUT2D eigenvalue weighted by atomic mass is 9.93. The van der Waals surface area contributed by atoms with E-state index in [1.807, 2.05) is 0 Å². The predicted octanol–water partition coefficient (Wildman–Crippen LogP) is 1.84. The van der Waals surface area contributed by atoms with Gasteiger partial charge in [0.1, 0.15) is 0 Å². The molecule has 3 heteroatoms. The normalized spacial score (nSPS) is 25.9. The second kappa shape index (κ2) is 4.21. The quantitative estimate of drug-likeness (QED) is 0.840. The molecule has 1 aromatic heterocycles. The summed E-state index contributed by atoms with van der Waals surface area (Å²) in [5.41, 5.74) is 3.03. The first-order valence-corrected chi connectivity index (χ1v) is 6.56. The fourth-order valence-electron chi connectivity index (χ4n) is 2.84. The smallest absolute Gasteiger partial charge is 0.0527 e. The monoisotopic (exact) mass is 219 g/mol. The summed E-state index contributed by atoms with van der Waals surface area (Å²) in [5.74, 6) is 1.65. The van der Waals surface area contributed by atoms with Gasteiger partial charge in [-0.15, -0.1) is 0 Å². The van der Waals surface area contributed by atoms with Crippen molar-refractivity contribution in [3.8, 4) is 0 Å². The molecule has 1 aliphatic heterocycles. The molecule has 1 unspecified atom stereocenters. The molecule has 1 N–H and O–H groups in total. The molecule has 2 aliphatic rings. The molecule has 0 radical (unpaired) electrons. The average molecular weight is 219 g/mol. The molecule has 1 aliphatic carbocycles. The zero-order valence-electron chi connectivity index (χ0n) is 10.1. The van der Waals surface area contributed by atoms with Crippen molar-refractivity contribution in [3.05, 3.63) is 17.5 Å². The Balaban J connectivity index is 1.74. The Bertz CT molecular complexity index is 359. The minimum atomic E-state index is 0.821. The minimum absolute atomic E-state index is 0.821. The van der Waals surface area contributed by atoms with Gasteiger partial charge in [0.2, 0.25) is 0 Å². The third-order valence-electron chi connectivity index (χ3n) is 3.99. The van der Waals surface area contributed by atoms with Crippen LogP contribution in [0.1, 0.15) is 42.9 Å². The second-order valence-corrected chi connectivity index (χ2v) is 5.36. The summed E-state index contributed by atoms with van der Waals surface area (Å²) in [5, 5.41) is 7.94. The van der Waals surface area contributed by atoms with E-state index in [1.165, 1.54) is 56.5 Å². The molecule has 0 spiro atoms. The second-order valence-electron chi connectivity index (χ2n) is 5.36. The van der Waals surface area contributed by atoms with Crippen LogP contribution in [-0.4, -0.2) is 22.9 Å². The van der Waals surface area contributed by atoms with Crippen molar-refractivity contribution >= 4 is 0 Å². The van der Waals surface area contributed by atoms with Gasteiger partial charge in [0.15, 0.2) is 0 Å². The predicted molar refractivity (Wildman–Crippen MR) is 64.5 cm³/mol. The van der Waals surface area contributed by atoms with E-state index in [0.717, 1.165) is 11.8 Å². The van der Waals surface area contributed by atoms with Crippen molar-refractivity contribution in [2.45, 2.75) is 38.0 Å². The largest absolute Gasteiger partial charge is 0.316 e. The summed E-state index contributed by atoms with van der Waals surface area (Å²) >= 11 is 0. The minimum Gasteiger partial charge on any atom is -0.316 e. The van der Waals surface area contributed by atoms with Crippen LogP contribution < -0.4 is 5.32 Å². The molecule has 1 atom stereocenters. The lowest BCUT2D eigenvalue weighted by Crippen LogP contribution is -2.31. The average Bonchev–Trinajstić information content (AvgIpc) is 3.08. The molecule has 3 nitrogen and oxygen atoms in total. The van der Waals surface area contributed by atoms with Gasteiger partial charge < -0.3 is 5.32 Å². The highest BCUT2D eigenvalue weighted by molar-refractivity contribution is 5.27. The lowest BCUT2D eigenvalue weighted by molar-refractivity contribution is 0.369. The number of piperidine rings is 1. The van der Waals surface area contributed by atoms with Gasteiger partial charge in [0.25, 0.3) is 0 Å². The molecular formula is C13H21N3. The van der Waals surface area contributed by atoms with Gasteiger partial charge in [-0.2, -0.15) is 5.10 Å². The van der Waals surface area contributed by atoms with E-state index >= 15 is 0 Å². The molecular weight excluding hydrogens is 198 g/mol. The topological polar surface area (TPSA) is 29.9 Å². The molecule has 1 aromatic rings. The van der Waals surface area contributed by atoms with Crippen LogP contribution in [0.4, 0.5) is 0 Å². The van der Waals surface area contributed by atoms with Gasteiger partial charge in [0, 0.05) is 12.7 Å². The lowest BCUT2D eigenvalue weighted by Gasteiger charge is -2.23. The summed E-state index contributed by atoms with van der Waals surface area (Å²) in [6, 6.07) is 0. The van der Waals surface area contributed by atoms with Crippen LogP contribution in [0.25, 0.3) is 0 Å². The number of aryl methyl sites for hydroxylation is 1. The van der Waals surface area contributed by atoms with Crippen LogP contribution >= 0.6 is 0 Å². The Morgan fingerprint density at radius 3 is 3.00 bits per heavy atom. The van der Waals surface area contributed by atoms with Crippen LogP contribution in [0.2, 0.25) is 0 Å². The molecule has 1 saturated carbocycles. The highest BCUT2D eigenvalue weighted by Crippen LogP contribution is 2.42. The van der Waals surface area contributed by atoms with Crippen LogP contribution in [0.5, 0.6) is 0 Å². The SMILES string of the molecule is Cn1ncc(C2CC2)c1CC1CCCNC1. The zero-order valence-corrected chi connectivity index (χ0v) is 10.1. The van der Waals surface area contributed by atoms with Crippen molar-refractivity contribution < 1.29 is 0 Å². The highest BCUT2D eigenvalue weighted by Gasteiger charge is 2.29. The first-order chi connectivity index (χ1) is 7.84. The van der Waals surface area contributed by atoms with Gasteiger partial charge in [-0.3, -0.25) is 4.68 Å². The first kappa shape index (κ1) is 10.3. The maximum absolute atomic E-state index is 4.44. The number of hydrogen-bond donors (Lipinski definition) is 1. The molecule has 2 heterocycles. The maximum Gasteiger partial charge on any atom is 0.0527 e. The Morgan fingerprint density at radius 1 is 1.44 bits per heavy atom. The van der Waals surface area contributed by atoms with E-state index in [9.17, 15) is 0 Å². The first-order valence-electron chi connectivity index (χ1n) is 6.56. The fourth-order valence-corrected chi connectivity index (χ4v) is 2.84. The Kier molecular flexibility index (Phi) is 2.72. The number of aromatic nitrogens is 2. The van der Waals surface area contributed by atoms with E-state index in [0.29, 0.717) is 0 Å². The van der Waals surface area contributed by atoms with Gasteiger partial charge in [-0.1, -0.05) is 0 Å². The van der Waals surface area contributed by atoms with Gasteiger partial charge in [0.05, 0.1) is 6.20 Å². The van der Waals surface area contributed by atoms with Crippen LogP contribution in [-0.2, 0) is 13.5 Å². The Morgan fingerprint density at radius 2 is 2.31 bits per heavy atom. The fraction of sp³-hybridized carbons (Fsp3) is 0.769. The maximum atomic E-state index is 4.44. The van der Waals surface area contributed by atoms with Crippen molar-refractivity contribution in [1.29, 1.82) is 0 Å². The summed E-state index contributed by atoms with van der Waals surface area (Å²) < 4.78 is 2.10. The summed E-state index contributed by atoms with van der Waals surface area (Å²) in [6.45, 7) is 2.40. The number of nitrogens with zero attached hydrogens (tertiary/aromatic N) is 2. The van der Waals surface area contributed by atoms with E-state index in [4.69, 9.17) is 0 Å². The van der Waals surface area contributed by atoms with Crippen molar-refractivity contribution in [1.82, 2.24) is 15.1 Å². The zero-order chi connectivity index (χ0) is 11.0. The molecule has 3 rings (SSSR count). The number of nitrogens with one attached hydrogen (secondary N) is 1. The molecule has 1 saturated heterocycles. The van der Waals surface area contributed by atoms with Crippen molar-refractivity contribution in [2.24, 2.45) is 13.0 Å². The number of rotatable bonds is 3. The van der Waals surface area contributed by atoms with E-state index in [1.54, 1.807) is 0 Å². The van der Waals surface area contributed by atoms with E-state index < -0.39 is 0 Å². The molecule has 16 heavy (non-hydrogen) atoms. The van der Waals surface area contributed by atoms with Crippen molar-refractivity contribution in [3.63, 3.8) is 0 Å². The van der Waals surface area contributed by atoms with Crippen LogP contribution in [0, 0.1) is 5.92 Å². The summed E-state index contributed by atoms with van der Waals surface area (Å²) in [6.07, 6.45) is 8.78. The highest BCUT2D eigenvalue weighted by atomic mass is 15.3. The summed E-state index contributed by atoms with van der Waals surface area (Å²) in [7, 11) is 2.09. The van der Waals surface area contributed by atoms with Gasteiger partial charge in [-0.05, 0) is 62.6 Å². The third-order valence-corrected chi connectivity index (χ3v) is 3.99. The molecule has 0 amide bonds. The van der Waals surface area contributed by atoms with Gasteiger partial charge in [-0.25, -0.2) is 0 Å². The number of hydrogen-bond acceptors (Lipinski definition) is 2. The van der Waals surface area contributed by atoms with Gasteiger partial charge >= 0.3 is 0 Å².